The molecular weight excluding hydrogens is 196 g/mol. The molecule has 0 aliphatic heterocycles. The molecule has 13 heavy (non-hydrogen) atoms. The van der Waals surface area contributed by atoms with Crippen molar-refractivity contribution in [3.8, 4) is 0 Å². The van der Waals surface area contributed by atoms with Crippen LogP contribution in [0.25, 0.3) is 0 Å². The van der Waals surface area contributed by atoms with Crippen LogP contribution in [0.1, 0.15) is 13.3 Å². The molecule has 0 bridgehead atoms. The molecule has 0 saturated carbocycles. The largest absolute Gasteiger partial charge is 0.376 e. The summed E-state index contributed by atoms with van der Waals surface area (Å²) in [5.74, 6) is -2.87. The van der Waals surface area contributed by atoms with Crippen LogP contribution in [0.15, 0.2) is 11.9 Å². The molecule has 0 aromatic rings. The van der Waals surface area contributed by atoms with E-state index in [0.717, 1.165) is 6.08 Å². The molecule has 2 unspecified atom stereocenters. The third-order valence-electron chi connectivity index (χ3n) is 1.59. The van der Waals surface area contributed by atoms with Crippen molar-refractivity contribution in [3.63, 3.8) is 0 Å². The summed E-state index contributed by atoms with van der Waals surface area (Å²) in [5.41, 5.74) is 5.12. The van der Waals surface area contributed by atoms with Crippen LogP contribution >= 0.6 is 7.37 Å². The normalized spacial score (nSPS) is 19.6. The van der Waals surface area contributed by atoms with Gasteiger partial charge in [0.15, 0.2) is 5.85 Å². The van der Waals surface area contributed by atoms with E-state index in [0.29, 0.717) is 6.42 Å². The first-order valence-electron chi connectivity index (χ1n) is 3.97. The number of halogens is 1. The van der Waals surface area contributed by atoms with E-state index in [-0.39, 0.29) is 12.7 Å². The number of nitrogens with two attached hydrogens (primary N) is 1. The van der Waals surface area contributed by atoms with E-state index in [1.54, 1.807) is 0 Å². The van der Waals surface area contributed by atoms with Crippen LogP contribution in [0.5, 0.6) is 0 Å². The van der Waals surface area contributed by atoms with E-state index in [1.807, 2.05) is 0 Å². The summed E-state index contributed by atoms with van der Waals surface area (Å²) in [4.78, 5) is 9.18. The Kier molecular flexibility index (Phi) is 5.40. The van der Waals surface area contributed by atoms with Crippen LogP contribution in [0, 0.1) is 0 Å². The van der Waals surface area contributed by atoms with Gasteiger partial charge in [0.05, 0.1) is 0 Å². The zero-order valence-electron chi connectivity index (χ0n) is 7.48. The molecule has 0 fully saturated rings. The molecule has 78 valence electrons. The van der Waals surface area contributed by atoms with E-state index < -0.39 is 19.0 Å². The highest BCUT2D eigenvalue weighted by Gasteiger charge is 2.31. The second kappa shape index (κ2) is 5.50. The minimum atomic E-state index is -3.84. The van der Waals surface area contributed by atoms with E-state index in [1.165, 1.54) is 6.92 Å². The van der Waals surface area contributed by atoms with Gasteiger partial charge in [-0.3, -0.25) is 4.57 Å². The summed E-state index contributed by atoms with van der Waals surface area (Å²) in [7, 11) is -3.84. The predicted octanol–water partition coefficient (Wildman–Crippen LogP) is 0.797. The van der Waals surface area contributed by atoms with Crippen LogP contribution in [0.3, 0.4) is 0 Å². The van der Waals surface area contributed by atoms with Crippen molar-refractivity contribution in [2.75, 3.05) is 12.7 Å². The Hall–Kier alpha value is -0.220. The van der Waals surface area contributed by atoms with E-state index in [9.17, 15) is 13.8 Å². The molecule has 0 rings (SSSR count). The van der Waals surface area contributed by atoms with E-state index in [2.05, 4.69) is 0 Å². The monoisotopic (exact) mass is 211 g/mol. The van der Waals surface area contributed by atoms with Crippen molar-refractivity contribution in [2.45, 2.75) is 19.2 Å². The summed E-state index contributed by atoms with van der Waals surface area (Å²) in [6, 6.07) is 0. The Morgan fingerprint density at radius 2 is 2.31 bits per heavy atom. The fraction of sp³-hybridized carbons (Fsp3) is 0.714. The van der Waals surface area contributed by atoms with Gasteiger partial charge in [0.25, 0.3) is 0 Å². The molecule has 0 aromatic heterocycles. The molecule has 6 heteroatoms. The fourth-order valence-electron chi connectivity index (χ4n) is 0.782. The molecule has 0 aromatic carbocycles. The number of aliphatic hydroxyl groups excluding tert-OH is 1. The van der Waals surface area contributed by atoms with Gasteiger partial charge >= 0.3 is 0 Å². The summed E-state index contributed by atoms with van der Waals surface area (Å²) in [6.07, 6.45) is 1.10. The maximum absolute atomic E-state index is 12.7. The number of hydrogen-bond acceptors (Lipinski definition) is 3. The molecule has 0 spiro atoms. The summed E-state index contributed by atoms with van der Waals surface area (Å²) in [6.45, 7) is 1.59. The molecule has 4 nitrogen and oxygen atoms in total. The van der Waals surface area contributed by atoms with Crippen molar-refractivity contribution in [3.05, 3.63) is 11.9 Å². The summed E-state index contributed by atoms with van der Waals surface area (Å²) >= 11 is 0. The standard InChI is InChI=1S/C7H15FNO3P/c1-2-6(8)7(10)13(11,12)5-3-4-9/h2,7,10H,3-5,9H2,1H3,(H,11,12)/b6-2+. The lowest BCUT2D eigenvalue weighted by atomic mass is 10.5. The second-order valence-electron chi connectivity index (χ2n) is 2.67. The van der Waals surface area contributed by atoms with Gasteiger partial charge in [-0.1, -0.05) is 6.08 Å². The number of allylic oxidation sites excluding steroid dienone is 1. The third-order valence-corrected chi connectivity index (χ3v) is 3.56. The van der Waals surface area contributed by atoms with Gasteiger partial charge < -0.3 is 15.7 Å². The zero-order chi connectivity index (χ0) is 10.5. The van der Waals surface area contributed by atoms with E-state index in [4.69, 9.17) is 10.8 Å². The first kappa shape index (κ1) is 12.8. The molecule has 0 amide bonds. The average molecular weight is 211 g/mol. The number of aliphatic hydroxyl groups is 1. The Morgan fingerprint density at radius 3 is 2.69 bits per heavy atom. The lowest BCUT2D eigenvalue weighted by Gasteiger charge is -2.15. The van der Waals surface area contributed by atoms with Crippen molar-refractivity contribution in [1.82, 2.24) is 0 Å². The fourth-order valence-corrected chi connectivity index (χ4v) is 2.20. The number of hydrogen-bond donors (Lipinski definition) is 3. The summed E-state index contributed by atoms with van der Waals surface area (Å²) in [5, 5.41) is 9.07. The van der Waals surface area contributed by atoms with Gasteiger partial charge in [0, 0.05) is 6.16 Å². The molecule has 0 saturated heterocycles. The quantitative estimate of drug-likeness (QED) is 0.587. The Morgan fingerprint density at radius 1 is 1.77 bits per heavy atom. The van der Waals surface area contributed by atoms with Gasteiger partial charge in [0.2, 0.25) is 7.37 Å². The van der Waals surface area contributed by atoms with Gasteiger partial charge in [-0.05, 0) is 19.9 Å². The Labute approximate surface area is 76.7 Å². The molecular formula is C7H15FNO3P. The summed E-state index contributed by atoms with van der Waals surface area (Å²) < 4.78 is 23.9. The first-order chi connectivity index (χ1) is 5.95. The topological polar surface area (TPSA) is 83.5 Å². The van der Waals surface area contributed by atoms with Crippen molar-refractivity contribution in [2.24, 2.45) is 5.73 Å². The Bertz CT molecular complexity index is 232. The highest BCUT2D eigenvalue weighted by molar-refractivity contribution is 7.58. The van der Waals surface area contributed by atoms with Gasteiger partial charge in [-0.15, -0.1) is 0 Å². The van der Waals surface area contributed by atoms with Crippen LogP contribution in [0.2, 0.25) is 0 Å². The van der Waals surface area contributed by atoms with Crippen molar-refractivity contribution < 1.29 is 19.0 Å². The van der Waals surface area contributed by atoms with E-state index >= 15 is 0 Å². The SMILES string of the molecule is C/C=C(/F)C(O)P(=O)(O)CCCN. The van der Waals surface area contributed by atoms with Gasteiger partial charge in [-0.25, -0.2) is 4.39 Å². The third kappa shape index (κ3) is 4.00. The molecule has 2 atom stereocenters. The van der Waals surface area contributed by atoms with Crippen LogP contribution < -0.4 is 5.73 Å². The predicted molar refractivity (Wildman–Crippen MR) is 49.2 cm³/mol. The van der Waals surface area contributed by atoms with Crippen molar-refractivity contribution >= 4 is 7.37 Å². The molecule has 0 aliphatic rings. The van der Waals surface area contributed by atoms with Crippen molar-refractivity contribution in [1.29, 1.82) is 0 Å². The van der Waals surface area contributed by atoms with Crippen LogP contribution in [-0.4, -0.2) is 28.6 Å². The van der Waals surface area contributed by atoms with Crippen LogP contribution in [-0.2, 0) is 4.57 Å². The first-order valence-corrected chi connectivity index (χ1v) is 5.88. The van der Waals surface area contributed by atoms with Gasteiger partial charge in [0.1, 0.15) is 5.83 Å². The molecule has 0 aliphatic carbocycles. The Balaban J connectivity index is 4.36. The highest BCUT2D eigenvalue weighted by Crippen LogP contribution is 2.48. The maximum Gasteiger partial charge on any atom is 0.235 e. The average Bonchev–Trinajstić information content (AvgIpc) is 2.12. The minimum absolute atomic E-state index is 0.161. The van der Waals surface area contributed by atoms with Crippen LogP contribution in [0.4, 0.5) is 4.39 Å². The van der Waals surface area contributed by atoms with Gasteiger partial charge in [-0.2, -0.15) is 0 Å². The molecule has 4 N–H and O–H groups in total. The molecule has 0 radical (unpaired) electrons. The lowest BCUT2D eigenvalue weighted by molar-refractivity contribution is 0.233. The smallest absolute Gasteiger partial charge is 0.235 e. The minimum Gasteiger partial charge on any atom is -0.376 e. The highest BCUT2D eigenvalue weighted by atomic mass is 31.2. The lowest BCUT2D eigenvalue weighted by Crippen LogP contribution is -2.12. The maximum atomic E-state index is 12.7. The second-order valence-corrected chi connectivity index (χ2v) is 5.12. The zero-order valence-corrected chi connectivity index (χ0v) is 8.38. The number of rotatable bonds is 5. The molecule has 0 heterocycles.